The maximum atomic E-state index is 15.1. The molecule has 0 radical (unpaired) electrons. The number of hydrogen-bond acceptors (Lipinski definition) is 18. The van der Waals surface area contributed by atoms with Gasteiger partial charge in [-0.15, -0.1) is 0 Å². The van der Waals surface area contributed by atoms with Crippen molar-refractivity contribution in [2.24, 2.45) is 9.98 Å². The smallest absolute Gasteiger partial charge is 0.278 e. The molecular formula is C96H102Cl3N15O10S. The first-order chi connectivity index (χ1) is 60.3. The molecule has 0 aliphatic heterocycles. The van der Waals surface area contributed by atoms with Crippen LogP contribution in [0.5, 0.6) is 17.2 Å². The highest BCUT2D eigenvalue weighted by Crippen LogP contribution is 2.38. The summed E-state index contributed by atoms with van der Waals surface area (Å²) in [4.78, 5) is 118. The van der Waals surface area contributed by atoms with Gasteiger partial charge in [-0.2, -0.15) is 0 Å². The second-order valence-electron chi connectivity index (χ2n) is 29.8. The van der Waals surface area contributed by atoms with Gasteiger partial charge in [-0.3, -0.25) is 37.9 Å². The average molecular weight is 1760 g/mol. The Kier molecular flexibility index (Phi) is 33.1. The first-order valence-electron chi connectivity index (χ1n) is 41.5. The van der Waals surface area contributed by atoms with Crippen LogP contribution in [0.15, 0.2) is 243 Å². The van der Waals surface area contributed by atoms with E-state index >= 15 is 9.59 Å². The minimum atomic E-state index is -3.93. The number of sulfonamides is 1. The van der Waals surface area contributed by atoms with Crippen LogP contribution < -0.4 is 56.4 Å². The fourth-order valence-corrected chi connectivity index (χ4v) is 16.0. The monoisotopic (exact) mass is 1760 g/mol. The number of para-hydroxylation sites is 3. The normalized spacial score (nSPS) is 11.8. The second-order valence-corrected chi connectivity index (χ2v) is 33.0. The zero-order valence-corrected chi connectivity index (χ0v) is 74.6. The number of ether oxygens (including phenoxy) is 2. The number of hydrogen-bond donors (Lipinski definition) is 5. The zero-order valence-electron chi connectivity index (χ0n) is 71.6. The average Bonchev–Trinajstić information content (AvgIpc) is 0.762. The summed E-state index contributed by atoms with van der Waals surface area (Å²) in [7, 11) is 2.65. The van der Waals surface area contributed by atoms with Gasteiger partial charge in [0.25, 0.3) is 22.9 Å². The van der Waals surface area contributed by atoms with E-state index in [-0.39, 0.29) is 92.0 Å². The van der Waals surface area contributed by atoms with Crippen LogP contribution in [0.25, 0.3) is 22.0 Å². The van der Waals surface area contributed by atoms with Crippen molar-refractivity contribution in [3.8, 4) is 28.4 Å². The second kappa shape index (κ2) is 44.6. The van der Waals surface area contributed by atoms with Gasteiger partial charge in [-0.25, -0.2) is 43.1 Å². The van der Waals surface area contributed by atoms with Crippen LogP contribution >= 0.6 is 34.8 Å². The molecule has 1 unspecified atom stereocenters. The Morgan fingerprint density at radius 2 is 1.18 bits per heavy atom. The molecule has 4 amide bonds. The van der Waals surface area contributed by atoms with Crippen LogP contribution in [0.1, 0.15) is 145 Å². The molecule has 29 heteroatoms. The van der Waals surface area contributed by atoms with Crippen molar-refractivity contribution in [3.63, 3.8) is 0 Å². The van der Waals surface area contributed by atoms with Crippen LogP contribution in [-0.2, 0) is 42.2 Å². The fraction of sp³-hybridized carbons (Fsp3) is 0.271. The molecule has 5 N–H and O–H groups in total. The van der Waals surface area contributed by atoms with Crippen LogP contribution in [-0.4, -0.2) is 107 Å². The summed E-state index contributed by atoms with van der Waals surface area (Å²) in [5, 5.41) is 13.3. The van der Waals surface area contributed by atoms with Crippen molar-refractivity contribution in [1.29, 1.82) is 0 Å². The number of nitrogens with one attached hydrogen (secondary N) is 5. The molecule has 3 aromatic heterocycles. The molecule has 0 saturated carbocycles. The summed E-state index contributed by atoms with van der Waals surface area (Å²) in [6, 6.07) is 58.2. The molecule has 0 spiro atoms. The molecule has 12 aromatic rings. The van der Waals surface area contributed by atoms with E-state index in [0.29, 0.717) is 86.4 Å². The number of amides is 4. The van der Waals surface area contributed by atoms with Gasteiger partial charge < -0.3 is 40.5 Å². The molecule has 125 heavy (non-hydrogen) atoms. The Morgan fingerprint density at radius 1 is 0.576 bits per heavy atom. The fourth-order valence-electron chi connectivity index (χ4n) is 14.2. The summed E-state index contributed by atoms with van der Waals surface area (Å²) >= 11 is 18.9. The van der Waals surface area contributed by atoms with Gasteiger partial charge in [-0.1, -0.05) is 173 Å². The highest BCUT2D eigenvalue weighted by atomic mass is 35.5. The number of nitrogens with zero attached hydrogens (tertiary/aromatic N) is 10. The summed E-state index contributed by atoms with van der Waals surface area (Å²) in [5.74, 6) is -0.593. The largest absolute Gasteiger partial charge is 0.495 e. The molecule has 3 heterocycles. The first kappa shape index (κ1) is 93.0. The molecule has 0 fully saturated rings. The maximum Gasteiger partial charge on any atom is 0.278 e. The quantitative estimate of drug-likeness (QED) is 0.0178. The number of rotatable bonds is 37. The Bertz CT molecular complexity index is 6120. The summed E-state index contributed by atoms with van der Waals surface area (Å²) in [6.07, 6.45) is 15.0. The van der Waals surface area contributed by atoms with Gasteiger partial charge >= 0.3 is 0 Å². The van der Waals surface area contributed by atoms with Gasteiger partial charge in [0, 0.05) is 96.9 Å². The van der Waals surface area contributed by atoms with Crippen molar-refractivity contribution in [2.45, 2.75) is 142 Å². The Labute approximate surface area is 743 Å². The molecule has 12 rings (SSSR count). The minimum Gasteiger partial charge on any atom is -0.495 e. The first-order valence-corrected chi connectivity index (χ1v) is 44.1. The Balaban J connectivity index is 0.000000244. The third kappa shape index (κ3) is 24.2. The SMILES string of the molecule is CCCCCCC(c1ncccn1)n1c(C(=Nc2ccc(N(C)C)cc2C)C(=O)Nc2cc(NC(=O)CC)ccc2Oc2ccccc2)ncc(-c2ccccc2)c1=O.CCN(c1ccccc1)c1ccc(N=C(C(=O)Nc2cc(S(=O)(=O)NC)ccc2OC)c2nc3c(NC(C)=O)cccc3c(=O)n2CCCCCCCCc2c(Cl)cc(Cl)cc2Cl)c(C)c1. The van der Waals surface area contributed by atoms with Crippen molar-refractivity contribution in [2.75, 3.05) is 65.9 Å². The maximum absolute atomic E-state index is 15.1. The highest BCUT2D eigenvalue weighted by molar-refractivity contribution is 7.89. The van der Waals surface area contributed by atoms with Crippen molar-refractivity contribution >= 4 is 142 Å². The summed E-state index contributed by atoms with van der Waals surface area (Å²) < 4.78 is 42.8. The van der Waals surface area contributed by atoms with E-state index in [0.717, 1.165) is 91.5 Å². The molecule has 0 aliphatic carbocycles. The topological polar surface area (TPSA) is 308 Å². The van der Waals surface area contributed by atoms with E-state index in [1.807, 2.05) is 142 Å². The number of unbranched alkanes of at least 4 members (excludes halogenated alkanes) is 8. The van der Waals surface area contributed by atoms with E-state index < -0.39 is 33.4 Å². The molecule has 25 nitrogen and oxygen atoms in total. The third-order valence-electron chi connectivity index (χ3n) is 20.8. The number of methoxy groups -OCH3 is 1. The van der Waals surface area contributed by atoms with Crippen LogP contribution in [0.3, 0.4) is 0 Å². The summed E-state index contributed by atoms with van der Waals surface area (Å²) in [5.41, 5.74) is 7.25. The Hall–Kier alpha value is -12.7. The lowest BCUT2D eigenvalue weighted by molar-refractivity contribution is -0.116. The van der Waals surface area contributed by atoms with Gasteiger partial charge in [0.1, 0.15) is 17.0 Å². The number of aliphatic imine (C=N–C) groups is 2. The molecule has 0 aliphatic rings. The number of carbonyl (C=O) groups is 4. The molecule has 648 valence electrons. The van der Waals surface area contributed by atoms with Crippen LogP contribution in [0.4, 0.5) is 51.2 Å². The lowest BCUT2D eigenvalue weighted by Crippen LogP contribution is -2.37. The lowest BCUT2D eigenvalue weighted by Gasteiger charge is -2.24. The lowest BCUT2D eigenvalue weighted by atomic mass is 10.0. The van der Waals surface area contributed by atoms with E-state index in [9.17, 15) is 27.6 Å². The van der Waals surface area contributed by atoms with Crippen molar-refractivity contribution in [1.82, 2.24) is 33.8 Å². The molecule has 0 bridgehead atoms. The molecule has 1 atom stereocenters. The van der Waals surface area contributed by atoms with Gasteiger partial charge in [-0.05, 0) is 203 Å². The minimum absolute atomic E-state index is 0.0364. The molecule has 0 saturated heterocycles. The van der Waals surface area contributed by atoms with E-state index in [4.69, 9.17) is 64.2 Å². The van der Waals surface area contributed by atoms with Crippen LogP contribution in [0.2, 0.25) is 15.1 Å². The van der Waals surface area contributed by atoms with Crippen molar-refractivity contribution < 1.29 is 37.1 Å². The van der Waals surface area contributed by atoms with Crippen LogP contribution in [0, 0.1) is 13.8 Å². The van der Waals surface area contributed by atoms with Gasteiger partial charge in [0.05, 0.1) is 57.4 Å². The Morgan fingerprint density at radius 3 is 1.79 bits per heavy atom. The van der Waals surface area contributed by atoms with E-state index in [2.05, 4.69) is 54.7 Å². The number of carbonyl (C=O) groups excluding carboxylic acids is 4. The predicted molar refractivity (Wildman–Crippen MR) is 503 cm³/mol. The van der Waals surface area contributed by atoms with Gasteiger partial charge in [0.15, 0.2) is 34.6 Å². The highest BCUT2D eigenvalue weighted by Gasteiger charge is 2.32. The number of halogens is 3. The number of fused-ring (bicyclic) bond motifs is 1. The number of aryl methyl sites for hydroxylation is 2. The standard InChI is InChI=1S/C49H52Cl3N7O6S.C47H50N8O4/c1-6-58(34-17-12-11-13-18-34)35-22-24-41(31(2)27-35)55-46(48(61)56-43-30-36(66(63,64)53-4)23-25-44(43)65-5)47-57-45-38(20-16-21-42(45)54-32(3)60)49(62)59(47)26-15-10-8-7-9-14-19-37-39(51)28-33(50)29-40(37)52;1-6-8-9-16-22-40(44-48-27-17-28-49-44)55-45(50-31-37(47(55)58)33-18-12-10-13-19-33)43(52-38-25-24-35(54(4)5)29-32(38)3)46(57)53-39-30-34(51-42(56)7-2)23-26-41(39)59-36-20-14-11-15-21-36/h11-13,16-18,20-25,27-30,53H,6-10,14-15,19,26H2,1-5H3,(H,54,60)(H,56,61);10-15,17-21,23-31,40H,6-9,16,22H2,1-5H3,(H,51,56)(H,53,57). The van der Waals surface area contributed by atoms with E-state index in [1.54, 1.807) is 92.1 Å². The van der Waals surface area contributed by atoms with Crippen molar-refractivity contribution in [3.05, 3.63) is 289 Å². The number of anilines is 7. The molecular weight excluding hydrogens is 1660 g/mol. The predicted octanol–water partition coefficient (Wildman–Crippen LogP) is 20.6. The van der Waals surface area contributed by atoms with Gasteiger partial charge in [0.2, 0.25) is 21.8 Å². The van der Waals surface area contributed by atoms with E-state index in [1.165, 1.54) is 54.6 Å². The summed E-state index contributed by atoms with van der Waals surface area (Å²) in [6.45, 7) is 12.0. The zero-order chi connectivity index (χ0) is 89.3. The third-order valence-corrected chi connectivity index (χ3v) is 23.1. The number of aromatic nitrogens is 6. The molecule has 9 aromatic carbocycles. The number of benzene rings is 9.